The molecule has 1 atom stereocenters. The average molecular weight is 153 g/mol. The molecule has 1 fully saturated rings. The smallest absolute Gasteiger partial charge is 0.310 e. The number of carbonyl (C=O) groups is 1. The molecule has 0 N–H and O–H groups in total. The molecule has 1 unspecified atom stereocenters. The Balaban J connectivity index is 2.43. The van der Waals surface area contributed by atoms with Crippen molar-refractivity contribution in [3.8, 4) is 12.5 Å². The monoisotopic (exact) mass is 153 g/mol. The molecule has 0 aromatic rings. The first-order valence-corrected chi connectivity index (χ1v) is 3.57. The molecular weight excluding hydrogens is 142 g/mol. The first kappa shape index (κ1) is 7.93. The van der Waals surface area contributed by atoms with Gasteiger partial charge in [-0.15, -0.1) is 0 Å². The Kier molecular flexibility index (Phi) is 2.37. The fourth-order valence-electron chi connectivity index (χ4n) is 1.24. The lowest BCUT2D eigenvalue weighted by Gasteiger charge is -2.07. The molecule has 0 spiro atoms. The maximum Gasteiger partial charge on any atom is 0.310 e. The summed E-state index contributed by atoms with van der Waals surface area (Å²) in [6.07, 6.45) is 5.98. The standard InChI is InChI=1S/C8H11NO2/c1-3-9-5-4-7(6-9)8(10)11-2/h1,7H,4-6H2,2H3. The van der Waals surface area contributed by atoms with Crippen LogP contribution in [0.2, 0.25) is 0 Å². The first-order chi connectivity index (χ1) is 5.27. The highest BCUT2D eigenvalue weighted by atomic mass is 16.5. The lowest BCUT2D eigenvalue weighted by atomic mass is 10.1. The third-order valence-electron chi connectivity index (χ3n) is 1.91. The number of rotatable bonds is 1. The third-order valence-corrected chi connectivity index (χ3v) is 1.91. The molecule has 0 aliphatic carbocycles. The Hall–Kier alpha value is -1.17. The lowest BCUT2D eigenvalue weighted by molar-refractivity contribution is -0.144. The summed E-state index contributed by atoms with van der Waals surface area (Å²) in [5, 5.41) is 0. The van der Waals surface area contributed by atoms with Gasteiger partial charge in [0, 0.05) is 19.1 Å². The number of terminal acetylenes is 1. The van der Waals surface area contributed by atoms with E-state index < -0.39 is 0 Å². The van der Waals surface area contributed by atoms with Crippen LogP contribution in [0.1, 0.15) is 6.42 Å². The van der Waals surface area contributed by atoms with E-state index in [-0.39, 0.29) is 11.9 Å². The summed E-state index contributed by atoms with van der Waals surface area (Å²) in [5.41, 5.74) is 0. The Morgan fingerprint density at radius 2 is 2.55 bits per heavy atom. The van der Waals surface area contributed by atoms with Gasteiger partial charge in [0.05, 0.1) is 13.0 Å². The largest absolute Gasteiger partial charge is 0.469 e. The summed E-state index contributed by atoms with van der Waals surface area (Å²) in [6, 6.07) is 2.50. The van der Waals surface area contributed by atoms with Gasteiger partial charge in [-0.1, -0.05) is 6.42 Å². The topological polar surface area (TPSA) is 29.5 Å². The molecule has 3 nitrogen and oxygen atoms in total. The Morgan fingerprint density at radius 3 is 3.00 bits per heavy atom. The van der Waals surface area contributed by atoms with Gasteiger partial charge in [-0.05, 0) is 6.42 Å². The van der Waals surface area contributed by atoms with E-state index in [0.717, 1.165) is 13.0 Å². The fourth-order valence-corrected chi connectivity index (χ4v) is 1.24. The van der Waals surface area contributed by atoms with Gasteiger partial charge in [0.25, 0.3) is 0 Å². The van der Waals surface area contributed by atoms with Gasteiger partial charge in [0.1, 0.15) is 0 Å². The second-order valence-corrected chi connectivity index (χ2v) is 2.58. The van der Waals surface area contributed by atoms with Crippen LogP contribution in [-0.2, 0) is 9.53 Å². The van der Waals surface area contributed by atoms with Gasteiger partial charge in [-0.25, -0.2) is 0 Å². The van der Waals surface area contributed by atoms with Crippen molar-refractivity contribution in [3.63, 3.8) is 0 Å². The minimum absolute atomic E-state index is 0.0175. The van der Waals surface area contributed by atoms with Crippen LogP contribution >= 0.6 is 0 Å². The molecule has 1 saturated heterocycles. The highest BCUT2D eigenvalue weighted by molar-refractivity contribution is 5.72. The summed E-state index contributed by atoms with van der Waals surface area (Å²) >= 11 is 0. The summed E-state index contributed by atoms with van der Waals surface area (Å²) in [4.78, 5) is 12.8. The van der Waals surface area contributed by atoms with Crippen LogP contribution in [0.3, 0.4) is 0 Å². The van der Waals surface area contributed by atoms with Crippen molar-refractivity contribution in [2.45, 2.75) is 6.42 Å². The number of likely N-dealkylation sites (tertiary alicyclic amines) is 1. The van der Waals surface area contributed by atoms with E-state index in [0.29, 0.717) is 6.54 Å². The molecule has 0 amide bonds. The van der Waals surface area contributed by atoms with Crippen LogP contribution in [0, 0.1) is 18.4 Å². The zero-order valence-corrected chi connectivity index (χ0v) is 6.54. The van der Waals surface area contributed by atoms with Crippen LogP contribution in [0.4, 0.5) is 0 Å². The van der Waals surface area contributed by atoms with Crippen LogP contribution in [0.5, 0.6) is 0 Å². The second kappa shape index (κ2) is 3.29. The average Bonchev–Trinajstić information content (AvgIpc) is 2.50. The van der Waals surface area contributed by atoms with Gasteiger partial charge in [-0.3, -0.25) is 4.79 Å². The highest BCUT2D eigenvalue weighted by Gasteiger charge is 2.27. The van der Waals surface area contributed by atoms with E-state index in [9.17, 15) is 4.79 Å². The molecule has 1 heterocycles. The van der Waals surface area contributed by atoms with Gasteiger partial charge in [0.2, 0.25) is 0 Å². The number of carbonyl (C=O) groups excluding carboxylic acids is 1. The third kappa shape index (κ3) is 1.64. The van der Waals surface area contributed by atoms with Crippen molar-refractivity contribution >= 4 is 5.97 Å². The molecule has 60 valence electrons. The van der Waals surface area contributed by atoms with E-state index >= 15 is 0 Å². The summed E-state index contributed by atoms with van der Waals surface area (Å²) in [6.45, 7) is 1.44. The van der Waals surface area contributed by atoms with E-state index in [1.54, 1.807) is 4.90 Å². The van der Waals surface area contributed by atoms with Crippen LogP contribution < -0.4 is 0 Å². The normalized spacial score (nSPS) is 22.9. The maximum atomic E-state index is 11.0. The zero-order valence-electron chi connectivity index (χ0n) is 6.54. The van der Waals surface area contributed by atoms with E-state index in [1.165, 1.54) is 7.11 Å². The van der Waals surface area contributed by atoms with Crippen molar-refractivity contribution < 1.29 is 9.53 Å². The molecule has 0 radical (unpaired) electrons. The van der Waals surface area contributed by atoms with Crippen LogP contribution in [0.15, 0.2) is 0 Å². The molecular formula is C8H11NO2. The summed E-state index contributed by atoms with van der Waals surface area (Å²) in [5.74, 6) is -0.168. The first-order valence-electron chi connectivity index (χ1n) is 3.57. The molecule has 11 heavy (non-hydrogen) atoms. The Labute approximate surface area is 66.3 Å². The zero-order chi connectivity index (χ0) is 8.27. The van der Waals surface area contributed by atoms with Gasteiger partial charge in [-0.2, -0.15) is 0 Å². The van der Waals surface area contributed by atoms with Gasteiger partial charge in [0.15, 0.2) is 0 Å². The molecule has 3 heteroatoms. The Morgan fingerprint density at radius 1 is 1.82 bits per heavy atom. The predicted octanol–water partition coefficient (Wildman–Crippen LogP) is 0.0720. The number of methoxy groups -OCH3 is 1. The van der Waals surface area contributed by atoms with Crippen molar-refractivity contribution in [2.75, 3.05) is 20.2 Å². The molecule has 1 aliphatic rings. The molecule has 0 aromatic carbocycles. The van der Waals surface area contributed by atoms with Crippen LogP contribution in [0.25, 0.3) is 0 Å². The van der Waals surface area contributed by atoms with E-state index in [4.69, 9.17) is 6.42 Å². The number of esters is 1. The summed E-state index contributed by atoms with van der Waals surface area (Å²) in [7, 11) is 1.40. The Bertz CT molecular complexity index is 195. The quantitative estimate of drug-likeness (QED) is 0.394. The molecule has 0 aromatic heterocycles. The minimum atomic E-state index is -0.150. The molecule has 1 aliphatic heterocycles. The van der Waals surface area contributed by atoms with Crippen molar-refractivity contribution in [3.05, 3.63) is 0 Å². The molecule has 0 bridgehead atoms. The highest BCUT2D eigenvalue weighted by Crippen LogP contribution is 2.15. The molecule has 0 saturated carbocycles. The fraction of sp³-hybridized carbons (Fsp3) is 0.625. The predicted molar refractivity (Wildman–Crippen MR) is 40.5 cm³/mol. The van der Waals surface area contributed by atoms with Gasteiger partial charge < -0.3 is 9.64 Å². The van der Waals surface area contributed by atoms with Crippen molar-refractivity contribution in [1.29, 1.82) is 0 Å². The minimum Gasteiger partial charge on any atom is -0.469 e. The second-order valence-electron chi connectivity index (χ2n) is 2.58. The van der Waals surface area contributed by atoms with Crippen LogP contribution in [-0.4, -0.2) is 31.1 Å². The van der Waals surface area contributed by atoms with E-state index in [2.05, 4.69) is 10.8 Å². The number of ether oxygens (including phenoxy) is 1. The number of hydrogen-bond acceptors (Lipinski definition) is 3. The maximum absolute atomic E-state index is 11.0. The van der Waals surface area contributed by atoms with Gasteiger partial charge >= 0.3 is 5.97 Å². The van der Waals surface area contributed by atoms with Crippen molar-refractivity contribution in [2.24, 2.45) is 5.92 Å². The van der Waals surface area contributed by atoms with E-state index in [1.807, 2.05) is 0 Å². The number of nitrogens with zero attached hydrogens (tertiary/aromatic N) is 1. The SMILES string of the molecule is C#CN1CCC(C(=O)OC)C1. The number of hydrogen-bond donors (Lipinski definition) is 0. The molecule has 1 rings (SSSR count). The summed E-state index contributed by atoms with van der Waals surface area (Å²) < 4.78 is 4.59. The lowest BCUT2D eigenvalue weighted by Crippen LogP contribution is -2.20. The van der Waals surface area contributed by atoms with Crippen molar-refractivity contribution in [1.82, 2.24) is 4.90 Å².